The minimum absolute atomic E-state index is 0.106. The Morgan fingerprint density at radius 2 is 1.89 bits per heavy atom. The maximum Gasteiger partial charge on any atom is 0.224 e. The van der Waals surface area contributed by atoms with Gasteiger partial charge in [0.25, 0.3) is 0 Å². The lowest BCUT2D eigenvalue weighted by molar-refractivity contribution is -0.120. The smallest absolute Gasteiger partial charge is 0.224 e. The second kappa shape index (κ2) is 11.8. The van der Waals surface area contributed by atoms with Crippen molar-refractivity contribution in [2.24, 2.45) is 0 Å². The fourth-order valence-electron chi connectivity index (χ4n) is 3.73. The average Bonchev–Trinajstić information content (AvgIpc) is 2.85. The van der Waals surface area contributed by atoms with Crippen LogP contribution < -0.4 is 10.1 Å². The predicted molar refractivity (Wildman–Crippen MR) is 129 cm³/mol. The van der Waals surface area contributed by atoms with Crippen LogP contribution in [0.2, 0.25) is 0 Å². The van der Waals surface area contributed by atoms with Crippen molar-refractivity contribution in [2.45, 2.75) is 19.9 Å². The normalized spacial score (nSPS) is 14.6. The molecule has 0 spiro atoms. The number of hydrogen-bond acceptors (Lipinski definition) is 8. The molecule has 10 heteroatoms. The monoisotopic (exact) mass is 479 g/mol. The first-order valence-corrected chi connectivity index (χ1v) is 11.7. The van der Waals surface area contributed by atoms with Crippen LogP contribution in [0.3, 0.4) is 0 Å². The van der Waals surface area contributed by atoms with E-state index in [9.17, 15) is 9.18 Å². The molecule has 1 amide bonds. The number of ether oxygens (including phenoxy) is 1. The van der Waals surface area contributed by atoms with Crippen molar-refractivity contribution in [1.29, 1.82) is 0 Å². The van der Waals surface area contributed by atoms with E-state index in [0.717, 1.165) is 38.4 Å². The molecule has 3 aromatic rings. The highest BCUT2D eigenvalue weighted by molar-refractivity contribution is 5.78. The first-order chi connectivity index (χ1) is 17.0. The molecule has 35 heavy (non-hydrogen) atoms. The van der Waals surface area contributed by atoms with Gasteiger partial charge in [0.2, 0.25) is 5.91 Å². The van der Waals surface area contributed by atoms with Crippen LogP contribution >= 0.6 is 0 Å². The average molecular weight is 480 g/mol. The fraction of sp³-hybridized carbons (Fsp3) is 0.400. The molecular formula is C25H30FN7O2. The summed E-state index contributed by atoms with van der Waals surface area (Å²) in [6.07, 6.45) is 4.83. The first kappa shape index (κ1) is 24.6. The van der Waals surface area contributed by atoms with Crippen molar-refractivity contribution < 1.29 is 13.9 Å². The number of aryl methyl sites for hydroxylation is 1. The lowest BCUT2D eigenvalue weighted by atomic mass is 10.1. The number of hydrogen-bond donors (Lipinski definition) is 1. The SMILES string of the molecule is Cc1ccnc(CNC(=O)Cc2cnc(-c3ccc(OCCN4CCN(C)CC4)cc3F)nc2)n1. The molecule has 0 atom stereocenters. The van der Waals surface area contributed by atoms with Gasteiger partial charge in [-0.15, -0.1) is 0 Å². The number of carbonyl (C=O) groups is 1. The number of carbonyl (C=O) groups excluding carboxylic acids is 1. The minimum Gasteiger partial charge on any atom is -0.492 e. The molecule has 1 aliphatic rings. The van der Waals surface area contributed by atoms with E-state index in [-0.39, 0.29) is 30.3 Å². The minimum atomic E-state index is -0.453. The molecule has 0 radical (unpaired) electrons. The van der Waals surface area contributed by atoms with Crippen LogP contribution in [0.4, 0.5) is 4.39 Å². The number of piperazine rings is 1. The summed E-state index contributed by atoms with van der Waals surface area (Å²) in [7, 11) is 2.12. The summed E-state index contributed by atoms with van der Waals surface area (Å²) in [5.74, 6) is 0.628. The number of nitrogens with zero attached hydrogens (tertiary/aromatic N) is 6. The van der Waals surface area contributed by atoms with Gasteiger partial charge in [-0.2, -0.15) is 0 Å². The summed E-state index contributed by atoms with van der Waals surface area (Å²) >= 11 is 0. The topological polar surface area (TPSA) is 96.4 Å². The maximum atomic E-state index is 14.7. The number of aromatic nitrogens is 4. The number of amides is 1. The zero-order valence-corrected chi connectivity index (χ0v) is 20.1. The predicted octanol–water partition coefficient (Wildman–Crippen LogP) is 1.87. The molecule has 0 aliphatic carbocycles. The number of likely N-dealkylation sites (N-methyl/N-ethyl adjacent to an activating group) is 1. The summed E-state index contributed by atoms with van der Waals surface area (Å²) in [5.41, 5.74) is 1.75. The Labute approximate surface area is 204 Å². The number of benzene rings is 1. The van der Waals surface area contributed by atoms with Crippen LogP contribution in [0.5, 0.6) is 5.75 Å². The van der Waals surface area contributed by atoms with E-state index >= 15 is 0 Å². The highest BCUT2D eigenvalue weighted by atomic mass is 19.1. The van der Waals surface area contributed by atoms with Crippen molar-refractivity contribution in [3.63, 3.8) is 0 Å². The van der Waals surface area contributed by atoms with Gasteiger partial charge in [0, 0.05) is 63.1 Å². The molecule has 0 bridgehead atoms. The van der Waals surface area contributed by atoms with Gasteiger partial charge in [0.1, 0.15) is 24.0 Å². The van der Waals surface area contributed by atoms with Crippen LogP contribution in [0.1, 0.15) is 17.1 Å². The highest BCUT2D eigenvalue weighted by Gasteiger charge is 2.14. The Morgan fingerprint density at radius 1 is 1.11 bits per heavy atom. The third-order valence-corrected chi connectivity index (χ3v) is 5.81. The van der Waals surface area contributed by atoms with Crippen LogP contribution in [0.25, 0.3) is 11.4 Å². The third-order valence-electron chi connectivity index (χ3n) is 5.81. The Balaban J connectivity index is 1.26. The molecule has 1 aromatic carbocycles. The molecule has 0 unspecified atom stereocenters. The molecule has 184 valence electrons. The van der Waals surface area contributed by atoms with Gasteiger partial charge in [0.15, 0.2) is 5.82 Å². The molecule has 2 aromatic heterocycles. The Hall–Kier alpha value is -3.50. The first-order valence-electron chi connectivity index (χ1n) is 11.7. The van der Waals surface area contributed by atoms with E-state index < -0.39 is 5.82 Å². The highest BCUT2D eigenvalue weighted by Crippen LogP contribution is 2.23. The lowest BCUT2D eigenvalue weighted by Crippen LogP contribution is -2.45. The van der Waals surface area contributed by atoms with Gasteiger partial charge in [-0.25, -0.2) is 24.3 Å². The van der Waals surface area contributed by atoms with E-state index in [1.807, 2.05) is 6.92 Å². The number of nitrogens with one attached hydrogen (secondary N) is 1. The Bertz CT molecular complexity index is 1130. The Morgan fingerprint density at radius 3 is 2.60 bits per heavy atom. The second-order valence-electron chi connectivity index (χ2n) is 8.62. The summed E-state index contributed by atoms with van der Waals surface area (Å²) < 4.78 is 20.5. The van der Waals surface area contributed by atoms with E-state index in [1.165, 1.54) is 18.5 Å². The molecule has 1 fully saturated rings. The molecular weight excluding hydrogens is 449 g/mol. The van der Waals surface area contributed by atoms with Crippen LogP contribution in [-0.4, -0.2) is 82.0 Å². The van der Waals surface area contributed by atoms with Crippen molar-refractivity contribution in [2.75, 3.05) is 46.4 Å². The lowest BCUT2D eigenvalue weighted by Gasteiger charge is -2.32. The number of rotatable bonds is 9. The largest absolute Gasteiger partial charge is 0.492 e. The van der Waals surface area contributed by atoms with Gasteiger partial charge in [-0.3, -0.25) is 9.69 Å². The molecule has 4 rings (SSSR count). The summed E-state index contributed by atoms with van der Waals surface area (Å²) in [5, 5.41) is 2.78. The third kappa shape index (κ3) is 7.24. The second-order valence-corrected chi connectivity index (χ2v) is 8.62. The van der Waals surface area contributed by atoms with Gasteiger partial charge < -0.3 is 15.0 Å². The van der Waals surface area contributed by atoms with Gasteiger partial charge in [-0.1, -0.05) is 0 Å². The van der Waals surface area contributed by atoms with Crippen LogP contribution in [-0.2, 0) is 17.8 Å². The standard InChI is InChI=1S/C25H30FN7O2/c1-18-5-6-27-23(31-18)17-28-24(34)13-19-15-29-25(30-16-19)21-4-3-20(14-22(21)26)35-12-11-33-9-7-32(2)8-10-33/h3-6,14-16H,7-13,17H2,1-2H3,(H,28,34). The van der Waals surface area contributed by atoms with Crippen molar-refractivity contribution in [3.05, 3.63) is 65.8 Å². The molecule has 1 N–H and O–H groups in total. The van der Waals surface area contributed by atoms with Crippen LogP contribution in [0, 0.1) is 12.7 Å². The van der Waals surface area contributed by atoms with E-state index in [2.05, 4.69) is 42.1 Å². The van der Waals surface area contributed by atoms with E-state index in [4.69, 9.17) is 4.74 Å². The molecule has 1 aliphatic heterocycles. The quantitative estimate of drug-likeness (QED) is 0.497. The van der Waals surface area contributed by atoms with Crippen molar-refractivity contribution in [1.82, 2.24) is 35.1 Å². The molecule has 0 saturated carbocycles. The van der Waals surface area contributed by atoms with Crippen molar-refractivity contribution in [3.8, 4) is 17.1 Å². The summed E-state index contributed by atoms with van der Waals surface area (Å²) in [4.78, 5) is 33.7. The zero-order valence-electron chi connectivity index (χ0n) is 20.1. The molecule has 3 heterocycles. The van der Waals surface area contributed by atoms with E-state index in [0.29, 0.717) is 23.7 Å². The molecule has 1 saturated heterocycles. The number of halogens is 1. The molecule has 9 nitrogen and oxygen atoms in total. The van der Waals surface area contributed by atoms with Crippen molar-refractivity contribution >= 4 is 5.91 Å². The zero-order chi connectivity index (χ0) is 24.6. The summed E-state index contributed by atoms with van der Waals surface area (Å²) in [6, 6.07) is 6.49. The van der Waals surface area contributed by atoms with Gasteiger partial charge in [-0.05, 0) is 37.7 Å². The van der Waals surface area contributed by atoms with Gasteiger partial charge >= 0.3 is 0 Å². The summed E-state index contributed by atoms with van der Waals surface area (Å²) in [6.45, 7) is 7.56. The van der Waals surface area contributed by atoms with Gasteiger partial charge in [0.05, 0.1) is 18.5 Å². The maximum absolute atomic E-state index is 14.7. The van der Waals surface area contributed by atoms with Crippen LogP contribution in [0.15, 0.2) is 42.9 Å². The fourth-order valence-corrected chi connectivity index (χ4v) is 3.73. The Kier molecular flexibility index (Phi) is 8.27. The van der Waals surface area contributed by atoms with E-state index in [1.54, 1.807) is 24.4 Å².